The number of carboxylic acid groups (broad SMARTS) is 2. The first-order valence-corrected chi connectivity index (χ1v) is 5.07. The first-order chi connectivity index (χ1) is 7.84. The fourth-order valence-electron chi connectivity index (χ4n) is 1.00. The van der Waals surface area contributed by atoms with E-state index in [4.69, 9.17) is 15.3 Å². The average molecular weight is 240 g/mol. The molecule has 17 heavy (non-hydrogen) atoms. The molecule has 0 radical (unpaired) electrons. The molecule has 1 aromatic rings. The summed E-state index contributed by atoms with van der Waals surface area (Å²) in [6, 6.07) is 5.81. The second-order valence-corrected chi connectivity index (χ2v) is 3.81. The van der Waals surface area contributed by atoms with Crippen molar-refractivity contribution in [2.45, 2.75) is 20.3 Å². The Balaban J connectivity index is 0.000000325. The van der Waals surface area contributed by atoms with E-state index in [2.05, 4.69) is 0 Å². The van der Waals surface area contributed by atoms with Crippen LogP contribution in [0.5, 0.6) is 5.75 Å². The minimum absolute atomic E-state index is 0.0671. The number of benzene rings is 1. The van der Waals surface area contributed by atoms with Crippen LogP contribution in [0.15, 0.2) is 24.3 Å². The van der Waals surface area contributed by atoms with Gasteiger partial charge in [-0.3, -0.25) is 4.79 Å². The molecule has 5 heteroatoms. The lowest BCUT2D eigenvalue weighted by molar-refractivity contribution is -0.137. The molecule has 0 aliphatic heterocycles. The van der Waals surface area contributed by atoms with Gasteiger partial charge in [-0.1, -0.05) is 26.0 Å². The highest BCUT2D eigenvalue weighted by Gasteiger charge is 2.05. The van der Waals surface area contributed by atoms with E-state index in [0.717, 1.165) is 0 Å². The molecule has 0 fully saturated rings. The van der Waals surface area contributed by atoms with E-state index in [1.807, 2.05) is 13.8 Å². The van der Waals surface area contributed by atoms with Crippen LogP contribution in [0.3, 0.4) is 0 Å². The molecule has 0 saturated heterocycles. The van der Waals surface area contributed by atoms with Gasteiger partial charge < -0.3 is 15.3 Å². The number of aliphatic carboxylic acids is 1. The number of hydrogen-bond donors (Lipinski definition) is 3. The maximum Gasteiger partial charge on any atom is 0.339 e. The molecular formula is C12H16O5. The number of hydrogen-bond acceptors (Lipinski definition) is 3. The molecule has 0 unspecified atom stereocenters. The van der Waals surface area contributed by atoms with Crippen molar-refractivity contribution in [1.82, 2.24) is 0 Å². The van der Waals surface area contributed by atoms with Crippen molar-refractivity contribution in [3.8, 4) is 5.75 Å². The van der Waals surface area contributed by atoms with E-state index in [0.29, 0.717) is 0 Å². The number of carboxylic acids is 2. The monoisotopic (exact) mass is 240 g/mol. The molecule has 0 aliphatic carbocycles. The first-order valence-electron chi connectivity index (χ1n) is 5.07. The second-order valence-electron chi connectivity index (χ2n) is 3.81. The molecule has 5 nitrogen and oxygen atoms in total. The predicted octanol–water partition coefficient (Wildman–Crippen LogP) is 2.21. The summed E-state index contributed by atoms with van der Waals surface area (Å²) in [5, 5.41) is 25.4. The van der Waals surface area contributed by atoms with Crippen LogP contribution in [0.1, 0.15) is 30.6 Å². The van der Waals surface area contributed by atoms with Gasteiger partial charge in [-0.25, -0.2) is 4.79 Å². The third-order valence-electron chi connectivity index (χ3n) is 1.72. The zero-order valence-electron chi connectivity index (χ0n) is 9.75. The maximum absolute atomic E-state index is 10.3. The largest absolute Gasteiger partial charge is 0.507 e. The van der Waals surface area contributed by atoms with Crippen molar-refractivity contribution >= 4 is 11.9 Å². The second kappa shape index (κ2) is 7.27. The Hall–Kier alpha value is -2.04. The van der Waals surface area contributed by atoms with Crippen molar-refractivity contribution in [1.29, 1.82) is 0 Å². The molecule has 1 aromatic carbocycles. The molecule has 3 N–H and O–H groups in total. The van der Waals surface area contributed by atoms with Crippen molar-refractivity contribution in [2.24, 2.45) is 5.92 Å². The molecule has 94 valence electrons. The van der Waals surface area contributed by atoms with Gasteiger partial charge in [0.05, 0.1) is 0 Å². The smallest absolute Gasteiger partial charge is 0.339 e. The number of aromatic carboxylic acids is 1. The quantitative estimate of drug-likeness (QED) is 0.752. The lowest BCUT2D eigenvalue weighted by Crippen LogP contribution is -1.99. The predicted molar refractivity (Wildman–Crippen MR) is 62.2 cm³/mol. The first kappa shape index (κ1) is 15.0. The van der Waals surface area contributed by atoms with E-state index in [-0.39, 0.29) is 23.7 Å². The molecule has 0 aliphatic rings. The van der Waals surface area contributed by atoms with E-state index in [9.17, 15) is 9.59 Å². The van der Waals surface area contributed by atoms with Gasteiger partial charge in [0.1, 0.15) is 11.3 Å². The standard InChI is InChI=1S/C7H6O3.C5H10O2/c8-6-4-2-1-3-5(6)7(9)10;1-4(2)3-5(6)7/h1-4,8H,(H,9,10);4H,3H2,1-2H3,(H,6,7). The van der Waals surface area contributed by atoms with Crippen molar-refractivity contribution < 1.29 is 24.9 Å². The lowest BCUT2D eigenvalue weighted by atomic mass is 10.1. The SMILES string of the molecule is CC(C)CC(=O)O.O=C(O)c1ccccc1O. The molecule has 0 saturated carbocycles. The lowest BCUT2D eigenvalue weighted by Gasteiger charge is -1.95. The zero-order chi connectivity index (χ0) is 13.4. The number of carbonyl (C=O) groups is 2. The Morgan fingerprint density at radius 1 is 1.18 bits per heavy atom. The van der Waals surface area contributed by atoms with Crippen LogP contribution in [0.25, 0.3) is 0 Å². The summed E-state index contributed by atoms with van der Waals surface area (Å²) in [6.07, 6.45) is 0.278. The molecule has 0 aromatic heterocycles. The Kier molecular flexibility index (Phi) is 6.40. The molecule has 0 heterocycles. The Bertz CT molecular complexity index is 384. The van der Waals surface area contributed by atoms with E-state index >= 15 is 0 Å². The van der Waals surface area contributed by atoms with Crippen LogP contribution in [0.2, 0.25) is 0 Å². The summed E-state index contributed by atoms with van der Waals surface area (Å²) < 4.78 is 0. The molecule has 0 bridgehead atoms. The topological polar surface area (TPSA) is 94.8 Å². The van der Waals surface area contributed by atoms with Gasteiger partial charge in [-0.15, -0.1) is 0 Å². The van der Waals surface area contributed by atoms with E-state index < -0.39 is 11.9 Å². The minimum Gasteiger partial charge on any atom is -0.507 e. The summed E-state index contributed by atoms with van der Waals surface area (Å²) in [5.74, 6) is -1.75. The molecular weight excluding hydrogens is 224 g/mol. The third kappa shape index (κ3) is 6.94. The Morgan fingerprint density at radius 2 is 1.71 bits per heavy atom. The molecule has 0 spiro atoms. The van der Waals surface area contributed by atoms with Gasteiger partial charge in [0.2, 0.25) is 0 Å². The number of phenols is 1. The molecule has 0 amide bonds. The van der Waals surface area contributed by atoms with Gasteiger partial charge >= 0.3 is 11.9 Å². The fourth-order valence-corrected chi connectivity index (χ4v) is 1.00. The van der Waals surface area contributed by atoms with Gasteiger partial charge in [0.25, 0.3) is 0 Å². The average Bonchev–Trinajstić information content (AvgIpc) is 2.16. The summed E-state index contributed by atoms with van der Waals surface area (Å²) in [5.41, 5.74) is -0.0671. The van der Waals surface area contributed by atoms with E-state index in [1.54, 1.807) is 12.1 Å². The number of aromatic hydroxyl groups is 1. The van der Waals surface area contributed by atoms with Crippen molar-refractivity contribution in [2.75, 3.05) is 0 Å². The zero-order valence-corrected chi connectivity index (χ0v) is 9.75. The number of rotatable bonds is 3. The van der Waals surface area contributed by atoms with Crippen LogP contribution in [-0.2, 0) is 4.79 Å². The Morgan fingerprint density at radius 3 is 1.94 bits per heavy atom. The minimum atomic E-state index is -1.11. The number of para-hydroxylation sites is 1. The Labute approximate surface area is 99.3 Å². The van der Waals surface area contributed by atoms with Gasteiger partial charge in [0, 0.05) is 6.42 Å². The normalized spacial score (nSPS) is 9.35. The summed E-state index contributed by atoms with van der Waals surface area (Å²) in [6.45, 7) is 3.77. The fraction of sp³-hybridized carbons (Fsp3) is 0.333. The van der Waals surface area contributed by atoms with Crippen LogP contribution in [0.4, 0.5) is 0 Å². The highest BCUT2D eigenvalue weighted by molar-refractivity contribution is 5.90. The van der Waals surface area contributed by atoms with E-state index in [1.165, 1.54) is 12.1 Å². The highest BCUT2D eigenvalue weighted by Crippen LogP contribution is 2.14. The highest BCUT2D eigenvalue weighted by atomic mass is 16.4. The van der Waals surface area contributed by atoms with Crippen LogP contribution >= 0.6 is 0 Å². The van der Waals surface area contributed by atoms with Gasteiger partial charge in [0.15, 0.2) is 0 Å². The summed E-state index contributed by atoms with van der Waals surface area (Å²) in [4.78, 5) is 20.1. The molecule has 1 rings (SSSR count). The summed E-state index contributed by atoms with van der Waals surface area (Å²) >= 11 is 0. The third-order valence-corrected chi connectivity index (χ3v) is 1.72. The molecule has 0 atom stereocenters. The van der Waals surface area contributed by atoms with Gasteiger partial charge in [-0.05, 0) is 18.1 Å². The van der Waals surface area contributed by atoms with Crippen LogP contribution < -0.4 is 0 Å². The van der Waals surface area contributed by atoms with Crippen LogP contribution in [0, 0.1) is 5.92 Å². The van der Waals surface area contributed by atoms with Crippen molar-refractivity contribution in [3.05, 3.63) is 29.8 Å². The van der Waals surface area contributed by atoms with Crippen LogP contribution in [-0.4, -0.2) is 27.3 Å². The van der Waals surface area contributed by atoms with Crippen molar-refractivity contribution in [3.63, 3.8) is 0 Å². The maximum atomic E-state index is 10.3. The summed E-state index contributed by atoms with van der Waals surface area (Å²) in [7, 11) is 0. The van der Waals surface area contributed by atoms with Gasteiger partial charge in [-0.2, -0.15) is 0 Å².